The van der Waals surface area contributed by atoms with Gasteiger partial charge in [-0.1, -0.05) is 11.6 Å². The number of halogens is 1. The average Bonchev–Trinajstić information content (AvgIpc) is 2.85. The number of carboxylic acid groups (broad SMARTS) is 1. The van der Waals surface area contributed by atoms with E-state index in [1.165, 1.54) is 0 Å². The number of ether oxygens (including phenoxy) is 1. The van der Waals surface area contributed by atoms with E-state index in [0.29, 0.717) is 29.6 Å². The summed E-state index contributed by atoms with van der Waals surface area (Å²) < 4.78 is 5.54. The van der Waals surface area contributed by atoms with E-state index in [9.17, 15) is 15.2 Å². The minimum atomic E-state index is -0.668. The van der Waals surface area contributed by atoms with Gasteiger partial charge in [-0.2, -0.15) is 5.26 Å². The van der Waals surface area contributed by atoms with E-state index in [1.807, 2.05) is 25.1 Å². The minimum Gasteiger partial charge on any atom is -0.495 e. The second-order valence-corrected chi connectivity index (χ2v) is 11.9. The van der Waals surface area contributed by atoms with Gasteiger partial charge >= 0.3 is 5.97 Å². The molecule has 36 heavy (non-hydrogen) atoms. The standard InChI is InChI=1S/C27H36ClN5O3/c1-26(5-6-29,33-9-7-32(8-10-33)21-13-20(28)3-4-22(21)36-2)24(30)31-23-18-11-17-12-19(23)16-27(14-17,15-18)25(34)35/h3-4,13,17-19,23H,5,7-12,14-16H2,1-2H3,(H2,30,31)(H,34,35). The molecule has 0 amide bonds. The first-order valence-corrected chi connectivity index (χ1v) is 13.3. The normalized spacial score (nSPS) is 33.7. The Labute approximate surface area is 218 Å². The molecule has 194 valence electrons. The number of rotatable bonds is 7. The van der Waals surface area contributed by atoms with Gasteiger partial charge in [0.25, 0.3) is 0 Å². The fourth-order valence-electron chi connectivity index (χ4n) is 7.64. The highest BCUT2D eigenvalue weighted by molar-refractivity contribution is 6.30. The van der Waals surface area contributed by atoms with Gasteiger partial charge in [0.1, 0.15) is 11.6 Å². The highest BCUT2D eigenvalue weighted by atomic mass is 35.5. The largest absolute Gasteiger partial charge is 0.495 e. The second kappa shape index (κ2) is 9.42. The van der Waals surface area contributed by atoms with Crippen LogP contribution in [-0.2, 0) is 4.79 Å². The number of piperazine rings is 1. The molecule has 1 aliphatic heterocycles. The smallest absolute Gasteiger partial charge is 0.309 e. The van der Waals surface area contributed by atoms with Gasteiger partial charge in [0.2, 0.25) is 0 Å². The monoisotopic (exact) mass is 513 g/mol. The summed E-state index contributed by atoms with van der Waals surface area (Å²) in [6.45, 7) is 4.99. The maximum atomic E-state index is 12.1. The van der Waals surface area contributed by atoms with Crippen LogP contribution in [0.2, 0.25) is 5.02 Å². The van der Waals surface area contributed by atoms with Crippen LogP contribution in [0.3, 0.4) is 0 Å². The fraction of sp³-hybridized carbons (Fsp3) is 0.667. The van der Waals surface area contributed by atoms with E-state index in [1.54, 1.807) is 7.11 Å². The number of hydrogen-bond donors (Lipinski definition) is 2. The molecule has 1 aromatic rings. The molecule has 6 rings (SSSR count). The van der Waals surface area contributed by atoms with Gasteiger partial charge in [0, 0.05) is 31.2 Å². The summed E-state index contributed by atoms with van der Waals surface area (Å²) in [4.78, 5) is 21.7. The van der Waals surface area contributed by atoms with Crippen LogP contribution in [0.15, 0.2) is 23.2 Å². The Kier molecular flexibility index (Phi) is 6.59. The lowest BCUT2D eigenvalue weighted by Crippen LogP contribution is -2.62. The molecule has 5 aliphatic rings. The predicted octanol–water partition coefficient (Wildman–Crippen LogP) is 3.78. The highest BCUT2D eigenvalue weighted by Crippen LogP contribution is 2.61. The summed E-state index contributed by atoms with van der Waals surface area (Å²) >= 11 is 6.25. The number of nitriles is 1. The van der Waals surface area contributed by atoms with Crippen molar-refractivity contribution in [2.45, 2.75) is 57.0 Å². The molecule has 3 unspecified atom stereocenters. The molecule has 3 atom stereocenters. The van der Waals surface area contributed by atoms with Gasteiger partial charge in [0.05, 0.1) is 42.3 Å². The Morgan fingerprint density at radius 2 is 1.94 bits per heavy atom. The van der Waals surface area contributed by atoms with Crippen LogP contribution in [0.5, 0.6) is 5.75 Å². The zero-order valence-electron chi connectivity index (χ0n) is 21.1. The van der Waals surface area contributed by atoms with E-state index >= 15 is 0 Å². The van der Waals surface area contributed by atoms with Gasteiger partial charge in [-0.3, -0.25) is 14.7 Å². The van der Waals surface area contributed by atoms with Gasteiger partial charge < -0.3 is 20.5 Å². The number of carboxylic acids is 1. The van der Waals surface area contributed by atoms with Crippen LogP contribution in [0.25, 0.3) is 0 Å². The van der Waals surface area contributed by atoms with Crippen molar-refractivity contribution >= 4 is 29.1 Å². The van der Waals surface area contributed by atoms with Gasteiger partial charge in [-0.15, -0.1) is 0 Å². The molecule has 0 spiro atoms. The molecular formula is C27H36ClN5O3. The van der Waals surface area contributed by atoms with Crippen LogP contribution in [0.4, 0.5) is 5.69 Å². The third-order valence-corrected chi connectivity index (χ3v) is 9.63. The van der Waals surface area contributed by atoms with Crippen molar-refractivity contribution in [3.63, 3.8) is 0 Å². The maximum Gasteiger partial charge on any atom is 0.309 e. The summed E-state index contributed by atoms with van der Waals surface area (Å²) in [5.41, 5.74) is 6.48. The first-order chi connectivity index (χ1) is 17.2. The van der Waals surface area contributed by atoms with Crippen molar-refractivity contribution < 1.29 is 14.6 Å². The number of nitrogens with two attached hydrogens (primary N) is 1. The van der Waals surface area contributed by atoms with Crippen molar-refractivity contribution in [3.05, 3.63) is 23.2 Å². The molecule has 4 bridgehead atoms. The molecule has 1 aromatic carbocycles. The average molecular weight is 514 g/mol. The van der Waals surface area contributed by atoms with Crippen molar-refractivity contribution in [1.82, 2.24) is 4.90 Å². The van der Waals surface area contributed by atoms with E-state index < -0.39 is 16.9 Å². The topological polar surface area (TPSA) is 115 Å². The van der Waals surface area contributed by atoms with E-state index in [2.05, 4.69) is 15.9 Å². The maximum absolute atomic E-state index is 12.1. The van der Waals surface area contributed by atoms with Crippen molar-refractivity contribution in [3.8, 4) is 11.8 Å². The Morgan fingerprint density at radius 1 is 1.28 bits per heavy atom. The molecule has 9 heteroatoms. The number of methoxy groups -OCH3 is 1. The Hall–Kier alpha value is -2.50. The van der Waals surface area contributed by atoms with E-state index in [4.69, 9.17) is 27.1 Å². The molecule has 5 fully saturated rings. The molecule has 4 saturated carbocycles. The Morgan fingerprint density at radius 3 is 2.53 bits per heavy atom. The first-order valence-electron chi connectivity index (χ1n) is 13.0. The molecule has 0 aromatic heterocycles. The number of benzene rings is 1. The van der Waals surface area contributed by atoms with Crippen LogP contribution < -0.4 is 15.4 Å². The number of aliphatic carboxylic acids is 1. The summed E-state index contributed by atoms with van der Waals surface area (Å²) in [7, 11) is 1.66. The zero-order chi connectivity index (χ0) is 25.7. The number of anilines is 1. The van der Waals surface area contributed by atoms with Crippen LogP contribution in [0, 0.1) is 34.5 Å². The molecule has 4 aliphatic carbocycles. The Balaban J connectivity index is 1.33. The van der Waals surface area contributed by atoms with Crippen molar-refractivity contribution in [2.24, 2.45) is 33.9 Å². The molecular weight excluding hydrogens is 478 g/mol. The Bertz CT molecular complexity index is 1080. The van der Waals surface area contributed by atoms with Crippen LogP contribution in [0.1, 0.15) is 45.4 Å². The molecule has 8 nitrogen and oxygen atoms in total. The summed E-state index contributed by atoms with van der Waals surface area (Å²) in [6.07, 6.45) is 4.56. The highest BCUT2D eigenvalue weighted by Gasteiger charge is 2.59. The van der Waals surface area contributed by atoms with Crippen LogP contribution in [-0.4, -0.2) is 66.7 Å². The fourth-order valence-corrected chi connectivity index (χ4v) is 7.81. The van der Waals surface area contributed by atoms with Gasteiger partial charge in [-0.25, -0.2) is 0 Å². The van der Waals surface area contributed by atoms with Crippen LogP contribution >= 0.6 is 11.6 Å². The zero-order valence-corrected chi connectivity index (χ0v) is 21.9. The number of aliphatic imine (C=N–C) groups is 1. The quantitative estimate of drug-likeness (QED) is 0.421. The lowest BCUT2D eigenvalue weighted by Gasteiger charge is -2.57. The lowest BCUT2D eigenvalue weighted by molar-refractivity contribution is -0.166. The molecule has 3 N–H and O–H groups in total. The summed E-state index contributed by atoms with van der Waals surface area (Å²) in [6, 6.07) is 8.04. The minimum absolute atomic E-state index is 0.0593. The molecule has 0 radical (unpaired) electrons. The third-order valence-electron chi connectivity index (χ3n) is 9.40. The van der Waals surface area contributed by atoms with E-state index in [0.717, 1.165) is 56.9 Å². The number of carbonyl (C=O) groups is 1. The first kappa shape index (κ1) is 25.2. The van der Waals surface area contributed by atoms with Gasteiger partial charge in [0.15, 0.2) is 0 Å². The number of hydrogen-bond acceptors (Lipinski definition) is 6. The number of amidine groups is 1. The number of nitrogens with zero attached hydrogens (tertiary/aromatic N) is 4. The predicted molar refractivity (Wildman–Crippen MR) is 139 cm³/mol. The van der Waals surface area contributed by atoms with E-state index in [-0.39, 0.29) is 24.3 Å². The molecule has 1 saturated heterocycles. The molecule has 1 heterocycles. The summed E-state index contributed by atoms with van der Waals surface area (Å²) in [5, 5.41) is 20.3. The lowest BCUT2D eigenvalue weighted by atomic mass is 9.48. The third kappa shape index (κ3) is 4.20. The summed E-state index contributed by atoms with van der Waals surface area (Å²) in [5.74, 6) is 1.69. The second-order valence-electron chi connectivity index (χ2n) is 11.5. The van der Waals surface area contributed by atoms with Gasteiger partial charge in [-0.05, 0) is 75.0 Å². The van der Waals surface area contributed by atoms with Crippen molar-refractivity contribution in [1.29, 1.82) is 5.26 Å². The SMILES string of the molecule is COc1ccc(Cl)cc1N1CCN(C(C)(CC#N)C(N)=NC2C3CC4CC2CC(C(=O)O)(C4)C3)CC1. The van der Waals surface area contributed by atoms with Crippen molar-refractivity contribution in [2.75, 3.05) is 38.2 Å².